The summed E-state index contributed by atoms with van der Waals surface area (Å²) in [4.78, 5) is 39.0. The van der Waals surface area contributed by atoms with Crippen LogP contribution < -0.4 is 11.0 Å². The van der Waals surface area contributed by atoms with E-state index in [-0.39, 0.29) is 24.1 Å². The van der Waals surface area contributed by atoms with Crippen LogP contribution in [0.2, 0.25) is 0 Å². The highest BCUT2D eigenvalue weighted by molar-refractivity contribution is 6.00. The molecule has 1 N–H and O–H groups in total. The molecular formula is C22H26N4O4. The van der Waals surface area contributed by atoms with Crippen LogP contribution in [0.1, 0.15) is 37.3 Å². The zero-order valence-electron chi connectivity index (χ0n) is 17.3. The lowest BCUT2D eigenvalue weighted by Gasteiger charge is -2.28. The van der Waals surface area contributed by atoms with Gasteiger partial charge in [-0.25, -0.2) is 4.79 Å². The third-order valence-corrected chi connectivity index (χ3v) is 5.90. The number of rotatable bonds is 3. The molecule has 1 unspecified atom stereocenters. The van der Waals surface area contributed by atoms with Crippen molar-refractivity contribution < 1.29 is 14.3 Å². The monoisotopic (exact) mass is 410 g/mol. The van der Waals surface area contributed by atoms with Crippen molar-refractivity contribution in [2.75, 3.05) is 26.7 Å². The zero-order chi connectivity index (χ0) is 21.3. The minimum Gasteiger partial charge on any atom is -0.365 e. The Balaban J connectivity index is 1.58. The fraction of sp³-hybridized carbons (Fsp3) is 0.500. The average Bonchev–Trinajstić information content (AvgIpc) is 2.98. The molecule has 8 nitrogen and oxygen atoms in total. The number of benzene rings is 1. The number of fused-ring (bicyclic) bond motifs is 1. The number of ether oxygens (including phenoxy) is 1. The fourth-order valence-electron chi connectivity index (χ4n) is 4.21. The van der Waals surface area contributed by atoms with Crippen molar-refractivity contribution in [3.63, 3.8) is 0 Å². The van der Waals surface area contributed by atoms with Gasteiger partial charge in [-0.05, 0) is 38.4 Å². The first-order valence-electron chi connectivity index (χ1n) is 10.3. The molecule has 1 aromatic carbocycles. The van der Waals surface area contributed by atoms with Gasteiger partial charge in [-0.3, -0.25) is 24.0 Å². The molecule has 30 heavy (non-hydrogen) atoms. The predicted octanol–water partition coefficient (Wildman–Crippen LogP) is 0.780. The van der Waals surface area contributed by atoms with Gasteiger partial charge in [-0.2, -0.15) is 0 Å². The molecule has 8 heteroatoms. The fourth-order valence-corrected chi connectivity index (χ4v) is 4.21. The highest BCUT2D eigenvalue weighted by atomic mass is 16.5. The van der Waals surface area contributed by atoms with Gasteiger partial charge in [0.15, 0.2) is 0 Å². The topological polar surface area (TPSA) is 85.6 Å². The van der Waals surface area contributed by atoms with E-state index in [1.165, 1.54) is 9.13 Å². The number of para-hydroxylation sites is 1. The summed E-state index contributed by atoms with van der Waals surface area (Å²) >= 11 is 0. The number of amides is 2. The number of aromatic nitrogens is 2. The van der Waals surface area contributed by atoms with Crippen molar-refractivity contribution in [1.29, 1.82) is 0 Å². The molecule has 1 atom stereocenters. The van der Waals surface area contributed by atoms with Crippen molar-refractivity contribution in [3.05, 3.63) is 34.2 Å². The molecule has 2 aliphatic heterocycles. The second kappa shape index (κ2) is 8.46. The maximum atomic E-state index is 12.9. The standard InChI is InChI=1S/C22H26N4O4/c1-24-12-10-16(11-13-24)30-14-4-6-15-5-3-7-17-20(15)25(2)22(29)26(17)18-8-9-19(27)23-21(18)28/h3,5,7,16,18H,8-14H2,1-2H3,(H,23,27,28). The van der Waals surface area contributed by atoms with Gasteiger partial charge in [0.05, 0.1) is 22.7 Å². The van der Waals surface area contributed by atoms with E-state index in [9.17, 15) is 14.4 Å². The summed E-state index contributed by atoms with van der Waals surface area (Å²) in [6.07, 6.45) is 2.79. The summed E-state index contributed by atoms with van der Waals surface area (Å²) in [5.74, 6) is 5.45. The molecule has 0 aliphatic carbocycles. The van der Waals surface area contributed by atoms with E-state index in [4.69, 9.17) is 4.74 Å². The lowest BCUT2D eigenvalue weighted by Crippen LogP contribution is -2.44. The number of carbonyl (C=O) groups is 2. The second-order valence-electron chi connectivity index (χ2n) is 7.97. The van der Waals surface area contributed by atoms with Crippen LogP contribution in [-0.2, 0) is 21.4 Å². The van der Waals surface area contributed by atoms with Crippen LogP contribution in [0.5, 0.6) is 0 Å². The van der Waals surface area contributed by atoms with Gasteiger partial charge in [0.25, 0.3) is 0 Å². The number of piperidine rings is 2. The van der Waals surface area contributed by atoms with Gasteiger partial charge in [0, 0.05) is 26.6 Å². The Kier molecular flexibility index (Phi) is 5.75. The summed E-state index contributed by atoms with van der Waals surface area (Å²) < 4.78 is 8.87. The summed E-state index contributed by atoms with van der Waals surface area (Å²) in [7, 11) is 3.79. The van der Waals surface area contributed by atoms with Crippen LogP contribution >= 0.6 is 0 Å². The third kappa shape index (κ3) is 3.91. The molecule has 2 aromatic rings. The molecule has 2 saturated heterocycles. The average molecular weight is 410 g/mol. The smallest absolute Gasteiger partial charge is 0.329 e. The van der Waals surface area contributed by atoms with E-state index in [1.807, 2.05) is 12.1 Å². The number of aryl methyl sites for hydroxylation is 1. The Morgan fingerprint density at radius 2 is 1.90 bits per heavy atom. The number of carbonyl (C=O) groups excluding carboxylic acids is 2. The van der Waals surface area contributed by atoms with E-state index >= 15 is 0 Å². The second-order valence-corrected chi connectivity index (χ2v) is 7.97. The van der Waals surface area contributed by atoms with E-state index in [2.05, 4.69) is 29.1 Å². The first-order valence-corrected chi connectivity index (χ1v) is 10.3. The molecule has 2 fully saturated rings. The van der Waals surface area contributed by atoms with E-state index in [0.29, 0.717) is 29.6 Å². The van der Waals surface area contributed by atoms with Gasteiger partial charge in [-0.1, -0.05) is 17.9 Å². The Morgan fingerprint density at radius 1 is 1.13 bits per heavy atom. The normalized spacial score (nSPS) is 20.8. The van der Waals surface area contributed by atoms with Gasteiger partial charge >= 0.3 is 5.69 Å². The lowest BCUT2D eigenvalue weighted by molar-refractivity contribution is -0.135. The SMILES string of the molecule is CN1CCC(OCC#Cc2cccc3c2n(C)c(=O)n3C2CCC(=O)NC2=O)CC1. The van der Waals surface area contributed by atoms with Crippen molar-refractivity contribution in [2.24, 2.45) is 7.05 Å². The molecule has 2 amide bonds. The number of imide groups is 1. The van der Waals surface area contributed by atoms with Gasteiger partial charge in [0.2, 0.25) is 11.8 Å². The first kappa shape index (κ1) is 20.4. The van der Waals surface area contributed by atoms with E-state index in [0.717, 1.165) is 25.9 Å². The molecular weight excluding hydrogens is 384 g/mol. The maximum absolute atomic E-state index is 12.9. The summed E-state index contributed by atoms with van der Waals surface area (Å²) in [6, 6.07) is 4.79. The number of imidazole rings is 1. The quantitative estimate of drug-likeness (QED) is 0.597. The highest BCUT2D eigenvalue weighted by Crippen LogP contribution is 2.24. The number of hydrogen-bond donors (Lipinski definition) is 1. The number of likely N-dealkylation sites (tertiary alicyclic amines) is 1. The number of nitrogens with zero attached hydrogens (tertiary/aromatic N) is 3. The molecule has 0 bridgehead atoms. The molecule has 0 radical (unpaired) electrons. The summed E-state index contributed by atoms with van der Waals surface area (Å²) in [5.41, 5.74) is 1.74. The third-order valence-electron chi connectivity index (χ3n) is 5.90. The van der Waals surface area contributed by atoms with Crippen LogP contribution in [-0.4, -0.2) is 58.7 Å². The zero-order valence-corrected chi connectivity index (χ0v) is 17.3. The maximum Gasteiger partial charge on any atom is 0.329 e. The van der Waals surface area contributed by atoms with E-state index < -0.39 is 11.9 Å². The van der Waals surface area contributed by atoms with Gasteiger partial charge in [-0.15, -0.1) is 0 Å². The van der Waals surface area contributed by atoms with Crippen molar-refractivity contribution in [1.82, 2.24) is 19.4 Å². The molecule has 0 saturated carbocycles. The minimum atomic E-state index is -0.699. The molecule has 2 aliphatic rings. The minimum absolute atomic E-state index is 0.215. The van der Waals surface area contributed by atoms with Crippen molar-refractivity contribution >= 4 is 22.8 Å². The number of hydrogen-bond acceptors (Lipinski definition) is 5. The molecule has 4 rings (SSSR count). The van der Waals surface area contributed by atoms with Gasteiger partial charge < -0.3 is 9.64 Å². The first-order chi connectivity index (χ1) is 14.5. The van der Waals surface area contributed by atoms with Crippen LogP contribution in [0.4, 0.5) is 0 Å². The molecule has 158 valence electrons. The highest BCUT2D eigenvalue weighted by Gasteiger charge is 2.31. The van der Waals surface area contributed by atoms with Gasteiger partial charge in [0.1, 0.15) is 12.6 Å². The number of nitrogens with one attached hydrogen (secondary N) is 1. The van der Waals surface area contributed by atoms with Crippen molar-refractivity contribution in [2.45, 2.75) is 37.8 Å². The molecule has 0 spiro atoms. The Labute approximate surface area is 174 Å². The largest absolute Gasteiger partial charge is 0.365 e. The molecule has 1 aromatic heterocycles. The summed E-state index contributed by atoms with van der Waals surface area (Å²) in [6.45, 7) is 2.41. The van der Waals surface area contributed by atoms with Crippen LogP contribution in [0.25, 0.3) is 11.0 Å². The van der Waals surface area contributed by atoms with E-state index in [1.54, 1.807) is 13.1 Å². The van der Waals surface area contributed by atoms with Crippen LogP contribution in [0.15, 0.2) is 23.0 Å². The Bertz CT molecular complexity index is 1100. The molecule has 3 heterocycles. The Hall–Kier alpha value is -2.89. The summed E-state index contributed by atoms with van der Waals surface area (Å²) in [5, 5.41) is 2.33. The Morgan fingerprint density at radius 3 is 2.63 bits per heavy atom. The van der Waals surface area contributed by atoms with Crippen LogP contribution in [0.3, 0.4) is 0 Å². The van der Waals surface area contributed by atoms with Crippen molar-refractivity contribution in [3.8, 4) is 11.8 Å². The predicted molar refractivity (Wildman–Crippen MR) is 112 cm³/mol. The lowest BCUT2D eigenvalue weighted by atomic mass is 10.1. The van der Waals surface area contributed by atoms with Crippen LogP contribution in [0, 0.1) is 11.8 Å².